The third kappa shape index (κ3) is 4.51. The van der Waals surface area contributed by atoms with E-state index in [1.165, 1.54) is 4.70 Å². The highest BCUT2D eigenvalue weighted by Crippen LogP contribution is 2.31. The fraction of sp³-hybridized carbons (Fsp3) is 0.500. The topological polar surface area (TPSA) is 40.6 Å². The maximum Gasteiger partial charge on any atom is 0.511 e. The molecular weight excluding hydrogens is 322 g/mol. The number of benzene rings is 1. The predicted molar refractivity (Wildman–Crippen MR) is 91.0 cm³/mol. The lowest BCUT2D eigenvalue weighted by atomic mass is 10.3. The molecule has 0 spiro atoms. The summed E-state index contributed by atoms with van der Waals surface area (Å²) in [6, 6.07) is 8.17. The third-order valence-electron chi connectivity index (χ3n) is 2.74. The van der Waals surface area contributed by atoms with Gasteiger partial charge in [-0.25, -0.2) is 4.98 Å². The molecule has 0 amide bonds. The Morgan fingerprint density at radius 3 is 2.24 bits per heavy atom. The molecule has 0 radical (unpaired) electrons. The Hall–Kier alpha value is -0.443. The molecule has 0 atom stereocenters. The van der Waals surface area contributed by atoms with E-state index in [0.29, 0.717) is 25.2 Å². The van der Waals surface area contributed by atoms with Crippen molar-refractivity contribution >= 4 is 42.1 Å². The molecule has 2 rings (SSSR count). The Morgan fingerprint density at radius 2 is 1.67 bits per heavy atom. The molecule has 116 valence electrons. The second-order valence-electron chi connectivity index (χ2n) is 4.22. The molecule has 0 saturated heterocycles. The first-order valence-corrected chi connectivity index (χ1v) is 10.9. The molecule has 7 heteroatoms. The van der Waals surface area contributed by atoms with Gasteiger partial charge in [-0.1, -0.05) is 23.9 Å². The van der Waals surface area contributed by atoms with Crippen LogP contribution >= 0.6 is 23.1 Å². The molecule has 1 heterocycles. The summed E-state index contributed by atoms with van der Waals surface area (Å²) in [7, 11) is -2.60. The normalized spacial score (nSPS) is 12.1. The summed E-state index contributed by atoms with van der Waals surface area (Å²) in [5.74, 6) is 0. The minimum Gasteiger partial charge on any atom is -0.373 e. The largest absolute Gasteiger partial charge is 0.511 e. The molecule has 0 aliphatic heterocycles. The third-order valence-corrected chi connectivity index (χ3v) is 8.69. The Balaban J connectivity index is 2.08. The maximum atomic E-state index is 5.86. The van der Waals surface area contributed by atoms with Crippen LogP contribution in [0.4, 0.5) is 0 Å². The molecular formula is C14H21NO3S2Si. The van der Waals surface area contributed by atoms with Gasteiger partial charge in [-0.05, 0) is 32.9 Å². The standard InChI is InChI=1S/C14H21NO3S2Si/c1-4-16-21(17-5-2,18-6-3)11-19-14-15-12-9-7-8-10-13(12)20-14/h7-10H,4-6,11H2,1-3H3. The molecule has 0 aliphatic carbocycles. The second kappa shape index (κ2) is 8.26. The fourth-order valence-corrected chi connectivity index (χ4v) is 7.64. The molecule has 0 fully saturated rings. The van der Waals surface area contributed by atoms with Crippen molar-refractivity contribution < 1.29 is 13.3 Å². The minimum absolute atomic E-state index is 0.604. The van der Waals surface area contributed by atoms with Crippen molar-refractivity contribution in [1.29, 1.82) is 0 Å². The summed E-state index contributed by atoms with van der Waals surface area (Å²) in [5, 5.41) is 0.697. The Bertz CT molecular complexity index is 514. The number of thiazole rings is 1. The molecule has 4 nitrogen and oxygen atoms in total. The summed E-state index contributed by atoms with van der Waals surface area (Å²) in [6.45, 7) is 7.73. The highest BCUT2D eigenvalue weighted by molar-refractivity contribution is 8.02. The van der Waals surface area contributed by atoms with E-state index in [-0.39, 0.29) is 0 Å². The van der Waals surface area contributed by atoms with Gasteiger partial charge in [0.15, 0.2) is 4.34 Å². The number of rotatable bonds is 9. The molecule has 0 N–H and O–H groups in total. The Morgan fingerprint density at radius 1 is 1.05 bits per heavy atom. The number of aromatic nitrogens is 1. The molecule has 1 aromatic heterocycles. The molecule has 2 aromatic rings. The molecule has 0 aliphatic rings. The highest BCUT2D eigenvalue weighted by atomic mass is 32.2. The van der Waals surface area contributed by atoms with Crippen molar-refractivity contribution in [3.63, 3.8) is 0 Å². The van der Waals surface area contributed by atoms with Gasteiger partial charge in [0, 0.05) is 19.8 Å². The molecule has 1 aromatic carbocycles. The fourth-order valence-electron chi connectivity index (χ4n) is 1.97. The first kappa shape index (κ1) is 16.9. The van der Waals surface area contributed by atoms with Crippen LogP contribution in [0, 0.1) is 0 Å². The summed E-state index contributed by atoms with van der Waals surface area (Å²) >= 11 is 3.37. The minimum atomic E-state index is -2.60. The van der Waals surface area contributed by atoms with E-state index in [4.69, 9.17) is 13.3 Å². The average Bonchev–Trinajstić information content (AvgIpc) is 2.89. The van der Waals surface area contributed by atoms with Crippen LogP contribution in [-0.2, 0) is 13.3 Å². The first-order chi connectivity index (χ1) is 10.2. The van der Waals surface area contributed by atoms with Crippen molar-refractivity contribution in [1.82, 2.24) is 4.98 Å². The lowest BCUT2D eigenvalue weighted by Gasteiger charge is -2.27. The van der Waals surface area contributed by atoms with Gasteiger partial charge in [-0.2, -0.15) is 0 Å². The summed E-state index contributed by atoms with van der Waals surface area (Å²) in [4.78, 5) is 4.63. The van der Waals surface area contributed by atoms with Crippen LogP contribution < -0.4 is 0 Å². The SMILES string of the molecule is CCO[Si](CSc1nc2ccccc2s1)(OCC)OCC. The van der Waals surface area contributed by atoms with E-state index >= 15 is 0 Å². The van der Waals surface area contributed by atoms with E-state index in [1.54, 1.807) is 23.1 Å². The summed E-state index contributed by atoms with van der Waals surface area (Å²) < 4.78 is 19.8. The second-order valence-corrected chi connectivity index (χ2v) is 9.57. The Kier molecular flexibility index (Phi) is 6.65. The molecule has 21 heavy (non-hydrogen) atoms. The van der Waals surface area contributed by atoms with Crippen LogP contribution in [-0.4, -0.2) is 39.0 Å². The van der Waals surface area contributed by atoms with Gasteiger partial charge < -0.3 is 13.3 Å². The molecule has 0 bridgehead atoms. The van der Waals surface area contributed by atoms with Gasteiger partial charge in [-0.15, -0.1) is 11.3 Å². The number of para-hydroxylation sites is 1. The van der Waals surface area contributed by atoms with Gasteiger partial charge in [0.2, 0.25) is 0 Å². The number of fused-ring (bicyclic) bond motifs is 1. The van der Waals surface area contributed by atoms with Crippen LogP contribution in [0.25, 0.3) is 10.2 Å². The van der Waals surface area contributed by atoms with Crippen LogP contribution in [0.2, 0.25) is 0 Å². The Labute approximate surface area is 135 Å². The van der Waals surface area contributed by atoms with Gasteiger partial charge in [0.25, 0.3) is 0 Å². The van der Waals surface area contributed by atoms with Crippen LogP contribution in [0.5, 0.6) is 0 Å². The summed E-state index contributed by atoms with van der Waals surface area (Å²) in [5.41, 5.74) is 1.04. The number of nitrogens with zero attached hydrogens (tertiary/aromatic N) is 1. The van der Waals surface area contributed by atoms with Crippen molar-refractivity contribution in [2.75, 3.05) is 25.2 Å². The lowest BCUT2D eigenvalue weighted by Crippen LogP contribution is -2.49. The van der Waals surface area contributed by atoms with Gasteiger partial charge in [-0.3, -0.25) is 0 Å². The highest BCUT2D eigenvalue weighted by Gasteiger charge is 2.40. The smallest absolute Gasteiger partial charge is 0.373 e. The number of hydrogen-bond donors (Lipinski definition) is 0. The van der Waals surface area contributed by atoms with E-state index in [9.17, 15) is 0 Å². The van der Waals surface area contributed by atoms with Crippen molar-refractivity contribution in [2.24, 2.45) is 0 Å². The van der Waals surface area contributed by atoms with Gasteiger partial charge in [0.1, 0.15) is 0 Å². The quantitative estimate of drug-likeness (QED) is 0.509. The predicted octanol–water partition coefficient (Wildman–Crippen LogP) is 3.98. The molecule has 0 saturated carbocycles. The zero-order chi connectivity index (χ0) is 15.1. The van der Waals surface area contributed by atoms with E-state index in [0.717, 1.165) is 9.86 Å². The number of hydrogen-bond acceptors (Lipinski definition) is 6. The van der Waals surface area contributed by atoms with E-state index in [1.807, 2.05) is 39.0 Å². The molecule has 0 unspecified atom stereocenters. The van der Waals surface area contributed by atoms with Crippen molar-refractivity contribution in [3.05, 3.63) is 24.3 Å². The first-order valence-electron chi connectivity index (χ1n) is 7.13. The van der Waals surface area contributed by atoms with Crippen LogP contribution in [0.15, 0.2) is 28.6 Å². The zero-order valence-corrected chi connectivity index (χ0v) is 15.3. The van der Waals surface area contributed by atoms with Crippen molar-refractivity contribution in [2.45, 2.75) is 25.1 Å². The summed E-state index contributed by atoms with van der Waals surface area (Å²) in [6.07, 6.45) is 0. The van der Waals surface area contributed by atoms with E-state index in [2.05, 4.69) is 11.1 Å². The van der Waals surface area contributed by atoms with E-state index < -0.39 is 8.80 Å². The van der Waals surface area contributed by atoms with Crippen LogP contribution in [0.3, 0.4) is 0 Å². The van der Waals surface area contributed by atoms with Crippen molar-refractivity contribution in [3.8, 4) is 0 Å². The average molecular weight is 344 g/mol. The monoisotopic (exact) mass is 343 g/mol. The number of thioether (sulfide) groups is 1. The van der Waals surface area contributed by atoms with Gasteiger partial charge >= 0.3 is 8.80 Å². The van der Waals surface area contributed by atoms with Crippen LogP contribution in [0.1, 0.15) is 20.8 Å². The zero-order valence-electron chi connectivity index (χ0n) is 12.6. The maximum absolute atomic E-state index is 5.86. The lowest BCUT2D eigenvalue weighted by molar-refractivity contribution is 0.0773. The van der Waals surface area contributed by atoms with Gasteiger partial charge in [0.05, 0.1) is 15.6 Å².